The molecule has 0 unspecified atom stereocenters. The average Bonchev–Trinajstić information content (AvgIpc) is 3.89. The summed E-state index contributed by atoms with van der Waals surface area (Å²) >= 11 is 0. The van der Waals surface area contributed by atoms with E-state index in [1.165, 1.54) is 11.0 Å². The van der Waals surface area contributed by atoms with E-state index in [0.29, 0.717) is 29.5 Å². The number of nitrogens with zero attached hydrogens (tertiary/aromatic N) is 3. The Labute approximate surface area is 263 Å². The van der Waals surface area contributed by atoms with Gasteiger partial charge in [0.05, 0.1) is 34.7 Å². The quantitative estimate of drug-likeness (QED) is 0.306. The number of likely N-dealkylation sites (tertiary alicyclic amines) is 1. The molecule has 5 atom stereocenters. The van der Waals surface area contributed by atoms with Crippen LogP contribution in [0.5, 0.6) is 11.8 Å². The van der Waals surface area contributed by atoms with Crippen LogP contribution >= 0.6 is 0 Å². The van der Waals surface area contributed by atoms with E-state index in [4.69, 9.17) is 15.2 Å². The summed E-state index contributed by atoms with van der Waals surface area (Å²) in [7, 11) is -3.85. The minimum absolute atomic E-state index is 0.0289. The van der Waals surface area contributed by atoms with Crippen molar-refractivity contribution in [1.29, 1.82) is 0 Å². The normalized spacial score (nSPS) is 25.5. The molecule has 1 aromatic carbocycles. The number of carbonyl (C=O) groups is 3. The third-order valence-electron chi connectivity index (χ3n) is 8.54. The predicted octanol–water partition coefficient (Wildman–Crippen LogP) is 1.81. The molecule has 0 radical (unpaired) electrons. The van der Waals surface area contributed by atoms with Gasteiger partial charge in [-0.3, -0.25) is 19.1 Å². The van der Waals surface area contributed by atoms with Crippen LogP contribution in [0.2, 0.25) is 0 Å². The molecule has 0 bridgehead atoms. The third kappa shape index (κ3) is 6.62. The zero-order valence-corrected chi connectivity index (χ0v) is 27.1. The summed E-state index contributed by atoms with van der Waals surface area (Å²) in [4.78, 5) is 42.3. The van der Waals surface area contributed by atoms with Crippen molar-refractivity contribution in [2.75, 3.05) is 6.54 Å². The smallest absolute Gasteiger partial charge is 0.259 e. The van der Waals surface area contributed by atoms with E-state index in [9.17, 15) is 22.8 Å². The number of fused-ring (bicyclic) bond motifs is 1. The molecule has 5 rings (SSSR count). The molecule has 0 spiro atoms. The van der Waals surface area contributed by atoms with Gasteiger partial charge < -0.3 is 25.4 Å². The van der Waals surface area contributed by atoms with Crippen LogP contribution in [0.3, 0.4) is 0 Å². The SMILES string of the molecule is C=C[C@@H]1C[C@@]1(NC(=O)[C@H]1C[C@@H](Oc2nnc(OC(C)C)c3ccccc23)CN1C(=O)[C@@H](N)C(C)(C)C)C(=O)NS(=O)(=O)C1CC1. The topological polar surface area (TPSA) is 183 Å². The van der Waals surface area contributed by atoms with Crippen LogP contribution in [-0.2, 0) is 24.4 Å². The van der Waals surface area contributed by atoms with E-state index in [2.05, 4.69) is 26.8 Å². The molecule has 4 N–H and O–H groups in total. The fourth-order valence-electron chi connectivity index (χ4n) is 5.55. The molecule has 244 valence electrons. The Hall–Kier alpha value is -3.78. The molecule has 1 saturated heterocycles. The van der Waals surface area contributed by atoms with E-state index in [1.54, 1.807) is 0 Å². The lowest BCUT2D eigenvalue weighted by molar-refractivity contribution is -0.142. The summed E-state index contributed by atoms with van der Waals surface area (Å²) in [5.41, 5.74) is 4.26. The van der Waals surface area contributed by atoms with Crippen LogP contribution in [0, 0.1) is 11.3 Å². The van der Waals surface area contributed by atoms with Crippen molar-refractivity contribution in [1.82, 2.24) is 25.1 Å². The summed E-state index contributed by atoms with van der Waals surface area (Å²) in [6.07, 6.45) is 1.94. The molecule has 2 saturated carbocycles. The number of carbonyl (C=O) groups excluding carboxylic acids is 3. The lowest BCUT2D eigenvalue weighted by Crippen LogP contribution is -2.59. The molecule has 45 heavy (non-hydrogen) atoms. The number of benzene rings is 1. The van der Waals surface area contributed by atoms with E-state index >= 15 is 0 Å². The molecule has 2 heterocycles. The first-order chi connectivity index (χ1) is 21.1. The van der Waals surface area contributed by atoms with E-state index in [-0.39, 0.29) is 31.4 Å². The lowest BCUT2D eigenvalue weighted by atomic mass is 9.86. The fraction of sp³-hybridized carbons (Fsp3) is 0.581. The molecule has 3 aliphatic rings. The maximum absolute atomic E-state index is 13.9. The zero-order valence-electron chi connectivity index (χ0n) is 26.3. The standard InChI is InChI=1S/C31H42N6O7S/c1-7-18-15-31(18,29(40)36-45(41,42)20-12-13-20)33-25(38)23-14-19(16-37(23)28(39)24(32)30(4,5)6)44-27-22-11-9-8-10-21(22)26(34-35-27)43-17(2)3/h7-11,17-20,23-24H,1,12-16,32H2,2-6H3,(H,33,38)(H,36,40)/t18-,19-,23-,24-,31+/m1/s1. The van der Waals surface area contributed by atoms with Crippen LogP contribution in [0.1, 0.15) is 60.3 Å². The zero-order chi connectivity index (χ0) is 32.9. The number of nitrogens with one attached hydrogen (secondary N) is 2. The average molecular weight is 643 g/mol. The largest absolute Gasteiger partial charge is 0.473 e. The third-order valence-corrected chi connectivity index (χ3v) is 10.4. The Morgan fingerprint density at radius 2 is 1.76 bits per heavy atom. The van der Waals surface area contributed by atoms with Crippen molar-refractivity contribution in [3.05, 3.63) is 36.9 Å². The van der Waals surface area contributed by atoms with Gasteiger partial charge in [-0.25, -0.2) is 8.42 Å². The summed E-state index contributed by atoms with van der Waals surface area (Å²) < 4.78 is 39.3. The molecule has 3 amide bonds. The van der Waals surface area contributed by atoms with Crippen molar-refractivity contribution in [2.24, 2.45) is 17.1 Å². The molecule has 1 aliphatic heterocycles. The second-order valence-electron chi connectivity index (χ2n) is 13.5. The molecule has 2 aliphatic carbocycles. The number of amides is 3. The Morgan fingerprint density at radius 1 is 1.13 bits per heavy atom. The summed E-state index contributed by atoms with van der Waals surface area (Å²) in [5, 5.41) is 12.0. The van der Waals surface area contributed by atoms with Crippen LogP contribution in [0.25, 0.3) is 10.8 Å². The van der Waals surface area contributed by atoms with Crippen molar-refractivity contribution < 1.29 is 32.3 Å². The predicted molar refractivity (Wildman–Crippen MR) is 167 cm³/mol. The first-order valence-corrected chi connectivity index (χ1v) is 16.8. The molecule has 2 aromatic rings. The van der Waals surface area contributed by atoms with Gasteiger partial charge in [0.1, 0.15) is 17.7 Å². The number of rotatable bonds is 11. The van der Waals surface area contributed by atoms with E-state index in [1.807, 2.05) is 58.9 Å². The number of sulfonamides is 1. The van der Waals surface area contributed by atoms with Crippen molar-refractivity contribution in [3.8, 4) is 11.8 Å². The number of ether oxygens (including phenoxy) is 2. The maximum Gasteiger partial charge on any atom is 0.259 e. The Bertz CT molecular complexity index is 1620. The van der Waals surface area contributed by atoms with E-state index < -0.39 is 68.1 Å². The van der Waals surface area contributed by atoms with Gasteiger partial charge in [0.2, 0.25) is 33.6 Å². The van der Waals surface area contributed by atoms with Crippen LogP contribution in [0.4, 0.5) is 0 Å². The first-order valence-electron chi connectivity index (χ1n) is 15.2. The first kappa shape index (κ1) is 32.6. The second-order valence-corrected chi connectivity index (χ2v) is 15.5. The van der Waals surface area contributed by atoms with Gasteiger partial charge in [-0.15, -0.1) is 16.8 Å². The van der Waals surface area contributed by atoms with Gasteiger partial charge in [0.25, 0.3) is 5.91 Å². The lowest BCUT2D eigenvalue weighted by Gasteiger charge is -2.33. The van der Waals surface area contributed by atoms with E-state index in [0.717, 1.165) is 0 Å². The van der Waals surface area contributed by atoms with Crippen molar-refractivity contribution in [3.63, 3.8) is 0 Å². The highest BCUT2D eigenvalue weighted by Crippen LogP contribution is 2.45. The monoisotopic (exact) mass is 642 g/mol. The minimum atomic E-state index is -3.85. The molecular weight excluding hydrogens is 600 g/mol. The summed E-state index contributed by atoms with van der Waals surface area (Å²) in [6, 6.07) is 5.37. The minimum Gasteiger partial charge on any atom is -0.473 e. The molecular formula is C31H42N6O7S. The number of nitrogens with two attached hydrogens (primary N) is 1. The fourth-order valence-corrected chi connectivity index (χ4v) is 6.92. The van der Waals surface area contributed by atoms with Crippen LogP contribution in [-0.4, -0.2) is 82.9 Å². The second kappa shape index (κ2) is 11.9. The van der Waals surface area contributed by atoms with Crippen molar-refractivity contribution >= 4 is 38.5 Å². The van der Waals surface area contributed by atoms with Gasteiger partial charge >= 0.3 is 0 Å². The Morgan fingerprint density at radius 3 is 2.31 bits per heavy atom. The van der Waals surface area contributed by atoms with Gasteiger partial charge in [-0.05, 0) is 50.7 Å². The highest BCUT2D eigenvalue weighted by Gasteiger charge is 2.62. The number of aromatic nitrogens is 2. The summed E-state index contributed by atoms with van der Waals surface area (Å²) in [6.45, 7) is 13.0. The van der Waals surface area contributed by atoms with Crippen LogP contribution in [0.15, 0.2) is 36.9 Å². The molecule has 3 fully saturated rings. The summed E-state index contributed by atoms with van der Waals surface area (Å²) in [5.74, 6) is -1.77. The molecule has 13 nitrogen and oxygen atoms in total. The molecule has 1 aromatic heterocycles. The Balaban J connectivity index is 1.40. The Kier molecular flexibility index (Phi) is 8.60. The highest BCUT2D eigenvalue weighted by molar-refractivity contribution is 7.91. The van der Waals surface area contributed by atoms with Gasteiger partial charge in [-0.2, -0.15) is 0 Å². The van der Waals surface area contributed by atoms with Gasteiger partial charge in [-0.1, -0.05) is 39.0 Å². The maximum atomic E-state index is 13.9. The number of hydrogen-bond acceptors (Lipinski definition) is 10. The number of hydrogen-bond donors (Lipinski definition) is 3. The van der Waals surface area contributed by atoms with Gasteiger partial charge in [0.15, 0.2) is 0 Å². The highest BCUT2D eigenvalue weighted by atomic mass is 32.2. The van der Waals surface area contributed by atoms with Crippen molar-refractivity contribution in [2.45, 2.75) is 95.4 Å². The van der Waals surface area contributed by atoms with Crippen LogP contribution < -0.4 is 25.2 Å². The molecule has 14 heteroatoms. The van der Waals surface area contributed by atoms with Gasteiger partial charge in [0, 0.05) is 12.3 Å².